The van der Waals surface area contributed by atoms with Crippen LogP contribution in [0.15, 0.2) is 12.4 Å². The number of nitrogens with zero attached hydrogens (tertiary/aromatic N) is 5. The van der Waals surface area contributed by atoms with E-state index in [9.17, 15) is 9.65 Å². The van der Waals surface area contributed by atoms with Crippen molar-refractivity contribution >= 4 is 43.3 Å². The standard InChI is InChI=1S/C22H16F2N6OS/c23-14-7-27-19(16-10(5-25)21(26)32-20(14)16)15-13-9-31-8-12(13)11-6-28-22(29-18(11)17(15)24)30-3-1-2-4-30/h6-7H,1-4,8-9,26H2. The molecular formula is C22H16F2N6OS. The summed E-state index contributed by atoms with van der Waals surface area (Å²) in [6.45, 7) is 2.11. The van der Waals surface area contributed by atoms with Crippen LogP contribution in [-0.4, -0.2) is 28.0 Å². The van der Waals surface area contributed by atoms with Crippen LogP contribution in [0.2, 0.25) is 0 Å². The minimum Gasteiger partial charge on any atom is -0.389 e. The smallest absolute Gasteiger partial charge is 0.225 e. The van der Waals surface area contributed by atoms with Crippen LogP contribution in [0.1, 0.15) is 29.5 Å². The first-order chi connectivity index (χ1) is 15.6. The van der Waals surface area contributed by atoms with Gasteiger partial charge in [0.15, 0.2) is 11.6 Å². The largest absolute Gasteiger partial charge is 0.389 e. The van der Waals surface area contributed by atoms with Crippen molar-refractivity contribution in [3.63, 3.8) is 0 Å². The summed E-state index contributed by atoms with van der Waals surface area (Å²) in [4.78, 5) is 15.3. The van der Waals surface area contributed by atoms with Gasteiger partial charge in [-0.15, -0.1) is 11.3 Å². The predicted octanol–water partition coefficient (Wildman–Crippen LogP) is 4.27. The van der Waals surface area contributed by atoms with Crippen molar-refractivity contribution in [2.24, 2.45) is 0 Å². The molecule has 3 aromatic heterocycles. The number of fused-ring (bicyclic) bond motifs is 4. The van der Waals surface area contributed by atoms with Crippen LogP contribution in [0.5, 0.6) is 0 Å². The maximum Gasteiger partial charge on any atom is 0.225 e. The summed E-state index contributed by atoms with van der Waals surface area (Å²) >= 11 is 0.955. The second kappa shape index (κ2) is 7.05. The summed E-state index contributed by atoms with van der Waals surface area (Å²) in [5.41, 5.74) is 7.98. The Kier molecular flexibility index (Phi) is 4.25. The highest BCUT2D eigenvalue weighted by atomic mass is 32.1. The summed E-state index contributed by atoms with van der Waals surface area (Å²) in [5.74, 6) is -0.704. The maximum atomic E-state index is 16.1. The summed E-state index contributed by atoms with van der Waals surface area (Å²) < 4.78 is 36.5. The predicted molar refractivity (Wildman–Crippen MR) is 117 cm³/mol. The lowest BCUT2D eigenvalue weighted by molar-refractivity contribution is 0.135. The quantitative estimate of drug-likeness (QED) is 0.487. The zero-order chi connectivity index (χ0) is 22.0. The van der Waals surface area contributed by atoms with Crippen LogP contribution >= 0.6 is 11.3 Å². The molecule has 0 radical (unpaired) electrons. The summed E-state index contributed by atoms with van der Waals surface area (Å²) in [7, 11) is 0. The molecule has 10 heteroatoms. The van der Waals surface area contributed by atoms with Crippen molar-refractivity contribution in [2.45, 2.75) is 26.1 Å². The van der Waals surface area contributed by atoms with Gasteiger partial charge in [0.25, 0.3) is 0 Å². The highest BCUT2D eigenvalue weighted by molar-refractivity contribution is 7.23. The first-order valence-electron chi connectivity index (χ1n) is 10.2. The first kappa shape index (κ1) is 19.3. The van der Waals surface area contributed by atoms with Gasteiger partial charge in [0.2, 0.25) is 5.95 Å². The third kappa shape index (κ3) is 2.61. The molecule has 2 aliphatic heterocycles. The van der Waals surface area contributed by atoms with Gasteiger partial charge < -0.3 is 15.4 Å². The Morgan fingerprint density at radius 2 is 1.91 bits per heavy atom. The Morgan fingerprint density at radius 3 is 2.69 bits per heavy atom. The van der Waals surface area contributed by atoms with Gasteiger partial charge in [-0.05, 0) is 24.0 Å². The highest BCUT2D eigenvalue weighted by Gasteiger charge is 2.30. The van der Waals surface area contributed by atoms with Crippen LogP contribution in [0.4, 0.5) is 19.7 Å². The van der Waals surface area contributed by atoms with Crippen LogP contribution < -0.4 is 10.6 Å². The topological polar surface area (TPSA) is 101 Å². The normalized spacial score (nSPS) is 15.6. The fourth-order valence-corrected chi connectivity index (χ4v) is 5.53. The number of nitrogen functional groups attached to an aromatic ring is 1. The van der Waals surface area contributed by atoms with E-state index in [-0.39, 0.29) is 50.6 Å². The Bertz CT molecular complexity index is 1470. The third-order valence-electron chi connectivity index (χ3n) is 6.12. The van der Waals surface area contributed by atoms with Crippen molar-refractivity contribution in [3.05, 3.63) is 40.7 Å². The summed E-state index contributed by atoms with van der Waals surface area (Å²) in [6, 6.07) is 2.02. The van der Waals surface area contributed by atoms with E-state index in [0.29, 0.717) is 16.9 Å². The molecule has 1 fully saturated rings. The van der Waals surface area contributed by atoms with E-state index >= 15 is 4.39 Å². The molecule has 2 aliphatic rings. The molecule has 0 amide bonds. The van der Waals surface area contributed by atoms with Crippen molar-refractivity contribution < 1.29 is 13.5 Å². The van der Waals surface area contributed by atoms with Crippen LogP contribution in [0.3, 0.4) is 0 Å². The number of hydrogen-bond acceptors (Lipinski definition) is 8. The van der Waals surface area contributed by atoms with E-state index < -0.39 is 11.6 Å². The molecule has 5 heterocycles. The fraction of sp³-hybridized carbons (Fsp3) is 0.273. The Hall–Kier alpha value is -3.42. The zero-order valence-electron chi connectivity index (χ0n) is 16.8. The number of nitrogens with two attached hydrogens (primary N) is 1. The lowest BCUT2D eigenvalue weighted by Crippen LogP contribution is -2.20. The number of hydrogen-bond donors (Lipinski definition) is 1. The van der Waals surface area contributed by atoms with Gasteiger partial charge in [0.1, 0.15) is 16.6 Å². The van der Waals surface area contributed by atoms with E-state index in [1.165, 1.54) is 0 Å². The lowest BCUT2D eigenvalue weighted by atomic mass is 9.94. The van der Waals surface area contributed by atoms with Crippen LogP contribution in [0.25, 0.3) is 32.2 Å². The minimum atomic E-state index is -0.602. The summed E-state index contributed by atoms with van der Waals surface area (Å²) in [5, 5.41) is 10.6. The van der Waals surface area contributed by atoms with Crippen LogP contribution in [-0.2, 0) is 18.0 Å². The van der Waals surface area contributed by atoms with E-state index in [0.717, 1.165) is 49.0 Å². The average molecular weight is 450 g/mol. The molecule has 0 aliphatic carbocycles. The number of nitriles is 1. The fourth-order valence-electron chi connectivity index (χ4n) is 4.61. The van der Waals surface area contributed by atoms with Crippen molar-refractivity contribution in [1.29, 1.82) is 5.26 Å². The first-order valence-corrected chi connectivity index (χ1v) is 11.0. The molecule has 0 saturated carbocycles. The molecule has 2 N–H and O–H groups in total. The zero-order valence-corrected chi connectivity index (χ0v) is 17.6. The molecule has 32 heavy (non-hydrogen) atoms. The molecule has 6 rings (SSSR count). The molecule has 0 atom stereocenters. The van der Waals surface area contributed by atoms with Gasteiger partial charge in [-0.25, -0.2) is 18.7 Å². The number of benzene rings is 1. The van der Waals surface area contributed by atoms with Gasteiger partial charge >= 0.3 is 0 Å². The Balaban J connectivity index is 1.70. The van der Waals surface area contributed by atoms with E-state index in [4.69, 9.17) is 10.5 Å². The number of ether oxygens (including phenoxy) is 1. The van der Waals surface area contributed by atoms with Gasteiger partial charge in [0, 0.05) is 35.6 Å². The number of halogens is 2. The van der Waals surface area contributed by atoms with Crippen molar-refractivity contribution in [1.82, 2.24) is 15.0 Å². The molecule has 0 unspecified atom stereocenters. The maximum absolute atomic E-state index is 16.1. The number of aromatic nitrogens is 3. The number of rotatable bonds is 2. The summed E-state index contributed by atoms with van der Waals surface area (Å²) in [6.07, 6.45) is 4.77. The van der Waals surface area contributed by atoms with Crippen molar-refractivity contribution in [2.75, 3.05) is 23.7 Å². The number of anilines is 2. The SMILES string of the molecule is N#Cc1c(N)sc2c(F)cnc(-c3c4c(c5cnc(N6CCCC6)nc5c3F)COC4)c12. The van der Waals surface area contributed by atoms with Gasteiger partial charge in [-0.3, -0.25) is 4.98 Å². The van der Waals surface area contributed by atoms with E-state index in [1.54, 1.807) is 6.20 Å². The molecular weight excluding hydrogens is 434 g/mol. The number of thiophene rings is 1. The number of pyridine rings is 1. The van der Waals surface area contributed by atoms with Gasteiger partial charge in [-0.1, -0.05) is 0 Å². The van der Waals surface area contributed by atoms with E-state index in [2.05, 4.69) is 15.0 Å². The molecule has 160 valence electrons. The average Bonchev–Trinajstić information content (AvgIpc) is 3.55. The molecule has 7 nitrogen and oxygen atoms in total. The van der Waals surface area contributed by atoms with Gasteiger partial charge in [0.05, 0.1) is 35.4 Å². The van der Waals surface area contributed by atoms with E-state index in [1.807, 2.05) is 11.0 Å². The monoisotopic (exact) mass is 450 g/mol. The van der Waals surface area contributed by atoms with Gasteiger partial charge in [-0.2, -0.15) is 5.26 Å². The second-order valence-electron chi connectivity index (χ2n) is 7.88. The molecule has 0 bridgehead atoms. The lowest BCUT2D eigenvalue weighted by Gasteiger charge is -2.17. The Labute approximate surface area is 185 Å². The Morgan fingerprint density at radius 1 is 1.12 bits per heavy atom. The molecule has 1 saturated heterocycles. The second-order valence-corrected chi connectivity index (χ2v) is 8.93. The molecule has 4 aromatic rings. The third-order valence-corrected chi connectivity index (χ3v) is 7.15. The van der Waals surface area contributed by atoms with Crippen molar-refractivity contribution in [3.8, 4) is 17.3 Å². The minimum absolute atomic E-state index is 0.0969. The molecule has 1 aromatic carbocycles. The molecule has 0 spiro atoms. The van der Waals surface area contributed by atoms with Crippen LogP contribution in [0, 0.1) is 23.0 Å². The highest BCUT2D eigenvalue weighted by Crippen LogP contribution is 2.45.